The van der Waals surface area contributed by atoms with Gasteiger partial charge in [0.05, 0.1) is 11.3 Å². The fourth-order valence-corrected chi connectivity index (χ4v) is 7.60. The van der Waals surface area contributed by atoms with Gasteiger partial charge in [-0.05, 0) is 93.3 Å². The first-order valence-corrected chi connectivity index (χ1v) is 10.3. The van der Waals surface area contributed by atoms with Gasteiger partial charge in [0.25, 0.3) is 0 Å². The van der Waals surface area contributed by atoms with Gasteiger partial charge in [-0.25, -0.2) is 0 Å². The Kier molecular flexibility index (Phi) is 3.84. The van der Waals surface area contributed by atoms with Crippen LogP contribution in [0.25, 0.3) is 0 Å². The molecule has 0 radical (unpaired) electrons. The van der Waals surface area contributed by atoms with Crippen LogP contribution in [0.3, 0.4) is 0 Å². The molecule has 0 amide bonds. The van der Waals surface area contributed by atoms with Gasteiger partial charge in [-0.3, -0.25) is 0 Å². The van der Waals surface area contributed by atoms with Gasteiger partial charge in [0.2, 0.25) is 0 Å². The molecule has 3 heteroatoms. The molecule has 4 rings (SSSR count). The molecule has 4 aliphatic carbocycles. The van der Waals surface area contributed by atoms with Gasteiger partial charge in [-0.1, -0.05) is 25.9 Å². The smallest absolute Gasteiger partial charge is 0.0648 e. The lowest BCUT2D eigenvalue weighted by molar-refractivity contribution is -0.143. The van der Waals surface area contributed by atoms with Gasteiger partial charge in [0.1, 0.15) is 0 Å². The largest absolute Gasteiger partial charge is 0.411 e. The third kappa shape index (κ3) is 2.15. The van der Waals surface area contributed by atoms with E-state index in [1.165, 1.54) is 38.5 Å². The lowest BCUT2D eigenvalue weighted by Crippen LogP contribution is -2.55. The summed E-state index contributed by atoms with van der Waals surface area (Å²) in [6.45, 7) is 7.05. The van der Waals surface area contributed by atoms with Crippen LogP contribution >= 0.6 is 0 Å². The fourth-order valence-electron chi connectivity index (χ4n) is 7.60. The summed E-state index contributed by atoms with van der Waals surface area (Å²) in [7, 11) is 0. The summed E-state index contributed by atoms with van der Waals surface area (Å²) >= 11 is 0. The van der Waals surface area contributed by atoms with E-state index in [9.17, 15) is 10.3 Å². The number of oxime groups is 1. The second-order valence-corrected chi connectivity index (χ2v) is 9.98. The van der Waals surface area contributed by atoms with E-state index in [2.05, 4.69) is 25.9 Å². The van der Waals surface area contributed by atoms with Crippen molar-refractivity contribution >= 4 is 5.71 Å². The maximum atomic E-state index is 10.8. The highest BCUT2D eigenvalue weighted by atomic mass is 16.4. The summed E-state index contributed by atoms with van der Waals surface area (Å²) < 4.78 is 0. The van der Waals surface area contributed by atoms with Gasteiger partial charge in [0.15, 0.2) is 0 Å². The number of fused-ring (bicyclic) bond motifs is 5. The quantitative estimate of drug-likeness (QED) is 0.524. The summed E-state index contributed by atoms with van der Waals surface area (Å²) in [6.07, 6.45) is 11.4. The Balaban J connectivity index is 1.61. The molecule has 2 N–H and O–H groups in total. The van der Waals surface area contributed by atoms with Crippen molar-refractivity contribution in [3.63, 3.8) is 0 Å². The average Bonchev–Trinajstić information content (AvgIpc) is 2.92. The van der Waals surface area contributed by atoms with Crippen molar-refractivity contribution in [2.75, 3.05) is 0 Å². The van der Waals surface area contributed by atoms with Crippen molar-refractivity contribution < 1.29 is 10.3 Å². The zero-order valence-corrected chi connectivity index (χ0v) is 15.7. The third-order valence-electron chi connectivity index (χ3n) is 9.34. The van der Waals surface area contributed by atoms with Crippen LogP contribution in [0.1, 0.15) is 85.0 Å². The van der Waals surface area contributed by atoms with Gasteiger partial charge in [-0.2, -0.15) is 0 Å². The molecule has 4 saturated carbocycles. The number of rotatable bonds is 1. The Morgan fingerprint density at radius 2 is 1.83 bits per heavy atom. The van der Waals surface area contributed by atoms with Crippen LogP contribution in [-0.2, 0) is 0 Å². The molecule has 0 spiro atoms. The van der Waals surface area contributed by atoms with Gasteiger partial charge in [-0.15, -0.1) is 0 Å². The van der Waals surface area contributed by atoms with Crippen molar-refractivity contribution in [3.05, 3.63) is 0 Å². The standard InChI is InChI=1S/C21H35NO2/c1-4-21(23)12-11-19(2)14(13-21)5-6-15-16-7-8-18(22-24)20(16,3)10-9-17(15)19/h14-17,23-24H,4-13H2,1-3H3/b22-18-/t14-,15?,16?,17?,19-,20-,21-/m0/s1. The second kappa shape index (κ2) is 5.46. The van der Waals surface area contributed by atoms with E-state index in [-0.39, 0.29) is 5.41 Å². The molecule has 4 fully saturated rings. The summed E-state index contributed by atoms with van der Waals surface area (Å²) in [5.74, 6) is 3.03. The Morgan fingerprint density at radius 1 is 1.04 bits per heavy atom. The van der Waals surface area contributed by atoms with Crippen molar-refractivity contribution in [2.24, 2.45) is 39.7 Å². The van der Waals surface area contributed by atoms with E-state index < -0.39 is 5.60 Å². The minimum Gasteiger partial charge on any atom is -0.411 e. The van der Waals surface area contributed by atoms with Gasteiger partial charge >= 0.3 is 0 Å². The van der Waals surface area contributed by atoms with Crippen molar-refractivity contribution in [1.29, 1.82) is 0 Å². The van der Waals surface area contributed by atoms with E-state index in [0.717, 1.165) is 43.2 Å². The van der Waals surface area contributed by atoms with E-state index in [4.69, 9.17) is 0 Å². The fraction of sp³-hybridized carbons (Fsp3) is 0.952. The maximum Gasteiger partial charge on any atom is 0.0648 e. The van der Waals surface area contributed by atoms with Crippen molar-refractivity contribution in [2.45, 2.75) is 90.6 Å². The monoisotopic (exact) mass is 333 g/mol. The molecule has 0 aromatic heterocycles. The summed E-state index contributed by atoms with van der Waals surface area (Å²) in [6, 6.07) is 0. The van der Waals surface area contributed by atoms with Crippen LogP contribution < -0.4 is 0 Å². The molecule has 0 aromatic carbocycles. The number of aliphatic hydroxyl groups is 1. The number of nitrogens with zero attached hydrogens (tertiary/aromatic N) is 1. The Labute approximate surface area is 146 Å². The molecule has 3 nitrogen and oxygen atoms in total. The molecule has 24 heavy (non-hydrogen) atoms. The Bertz CT molecular complexity index is 546. The molecular weight excluding hydrogens is 298 g/mol. The Morgan fingerprint density at radius 3 is 2.54 bits per heavy atom. The van der Waals surface area contributed by atoms with Crippen LogP contribution in [0.5, 0.6) is 0 Å². The predicted octanol–water partition coefficient (Wildman–Crippen LogP) is 5.00. The highest BCUT2D eigenvalue weighted by molar-refractivity contribution is 5.91. The Hall–Kier alpha value is -0.570. The summed E-state index contributed by atoms with van der Waals surface area (Å²) in [5.41, 5.74) is 1.25. The normalized spacial score (nSPS) is 55.8. The van der Waals surface area contributed by atoms with E-state index in [1.807, 2.05) is 0 Å². The molecular formula is C21H35NO2. The zero-order valence-electron chi connectivity index (χ0n) is 15.7. The SMILES string of the molecule is CC[C@]1(O)CC[C@]2(C)C3CC[C@]4(C)/C(=N\O)CCC4C3CC[C@H]2C1. The molecule has 7 atom stereocenters. The van der Waals surface area contributed by atoms with Crippen LogP contribution in [0.2, 0.25) is 0 Å². The minimum atomic E-state index is -0.399. The maximum absolute atomic E-state index is 10.8. The molecule has 3 unspecified atom stereocenters. The summed E-state index contributed by atoms with van der Waals surface area (Å²) in [4.78, 5) is 0. The van der Waals surface area contributed by atoms with E-state index in [1.54, 1.807) is 0 Å². The third-order valence-corrected chi connectivity index (χ3v) is 9.34. The van der Waals surface area contributed by atoms with E-state index in [0.29, 0.717) is 17.3 Å². The van der Waals surface area contributed by atoms with Crippen LogP contribution in [0.4, 0.5) is 0 Å². The molecule has 4 aliphatic rings. The molecule has 0 saturated heterocycles. The van der Waals surface area contributed by atoms with Crippen LogP contribution in [0, 0.1) is 34.5 Å². The van der Waals surface area contributed by atoms with Gasteiger partial charge < -0.3 is 10.3 Å². The highest BCUT2D eigenvalue weighted by Gasteiger charge is 2.60. The lowest BCUT2D eigenvalue weighted by Gasteiger charge is -2.61. The molecule has 0 aliphatic heterocycles. The first-order valence-electron chi connectivity index (χ1n) is 10.3. The zero-order chi connectivity index (χ0) is 17.2. The van der Waals surface area contributed by atoms with Gasteiger partial charge in [0, 0.05) is 5.41 Å². The average molecular weight is 334 g/mol. The number of hydrogen-bond donors (Lipinski definition) is 2. The molecule has 136 valence electrons. The highest BCUT2D eigenvalue weighted by Crippen LogP contribution is 2.66. The summed E-state index contributed by atoms with van der Waals surface area (Å²) in [5, 5.41) is 24.0. The lowest BCUT2D eigenvalue weighted by atomic mass is 9.44. The topological polar surface area (TPSA) is 52.8 Å². The first-order chi connectivity index (χ1) is 11.4. The second-order valence-electron chi connectivity index (χ2n) is 9.98. The van der Waals surface area contributed by atoms with Crippen molar-refractivity contribution in [3.8, 4) is 0 Å². The molecule has 0 aromatic rings. The molecule has 0 bridgehead atoms. The van der Waals surface area contributed by atoms with E-state index >= 15 is 0 Å². The first kappa shape index (κ1) is 16.9. The van der Waals surface area contributed by atoms with Crippen molar-refractivity contribution in [1.82, 2.24) is 0 Å². The minimum absolute atomic E-state index is 0.151. The predicted molar refractivity (Wildman–Crippen MR) is 96.2 cm³/mol. The number of hydrogen-bond acceptors (Lipinski definition) is 3. The molecule has 0 heterocycles. The van der Waals surface area contributed by atoms with Crippen LogP contribution in [0.15, 0.2) is 5.16 Å². The van der Waals surface area contributed by atoms with Crippen LogP contribution in [-0.4, -0.2) is 21.6 Å².